The number of ether oxygens (including phenoxy) is 2. The summed E-state index contributed by atoms with van der Waals surface area (Å²) in [4.78, 5) is 4.62. The highest BCUT2D eigenvalue weighted by atomic mass is 16.5. The highest BCUT2D eigenvalue weighted by Crippen LogP contribution is 2.50. The molecule has 2 aliphatic heterocycles. The number of hydrogen-bond acceptors (Lipinski definition) is 4. The monoisotopic (exact) mass is 818 g/mol. The predicted octanol–water partition coefficient (Wildman–Crippen LogP) is 13.7. The molecule has 0 bridgehead atoms. The maximum atomic E-state index is 7.50. The summed E-state index contributed by atoms with van der Waals surface area (Å²) in [7, 11) is 0. The summed E-state index contributed by atoms with van der Waals surface area (Å²) in [6, 6.07) is 59.1. The van der Waals surface area contributed by atoms with Crippen LogP contribution in [0.1, 0.15) is 41.2 Å². The molecule has 63 heavy (non-hydrogen) atoms. The van der Waals surface area contributed by atoms with Gasteiger partial charge >= 0.3 is 0 Å². The van der Waals surface area contributed by atoms with Crippen molar-refractivity contribution in [2.45, 2.75) is 46.5 Å². The highest BCUT2D eigenvalue weighted by Gasteiger charge is 2.49. The summed E-state index contributed by atoms with van der Waals surface area (Å²) in [6.45, 7) is 15.4. The number of fused-ring (bicyclic) bond motifs is 5. The molecule has 7 aromatic carbocycles. The maximum Gasteiger partial charge on any atom is 0.260 e. The van der Waals surface area contributed by atoms with Crippen LogP contribution in [0.4, 0.5) is 34.1 Å². The number of rotatable bonds is 9. The molecule has 1 unspecified atom stereocenters. The van der Waals surface area contributed by atoms with Gasteiger partial charge in [-0.3, -0.25) is 0 Å². The molecule has 2 heterocycles. The smallest absolute Gasteiger partial charge is 0.260 e. The average Bonchev–Trinajstić information content (AvgIpc) is 3.31. The molecule has 2 atom stereocenters. The van der Waals surface area contributed by atoms with Gasteiger partial charge in [-0.1, -0.05) is 144 Å². The van der Waals surface area contributed by atoms with Gasteiger partial charge in [0.25, 0.3) is 6.71 Å². The van der Waals surface area contributed by atoms with Gasteiger partial charge in [0, 0.05) is 51.7 Å². The Kier molecular flexibility index (Phi) is 10.3. The van der Waals surface area contributed by atoms with Crippen molar-refractivity contribution in [2.75, 3.05) is 9.80 Å². The molecule has 0 N–H and O–H groups in total. The molecule has 0 aromatic heterocycles. The van der Waals surface area contributed by atoms with Crippen molar-refractivity contribution >= 4 is 51.8 Å². The zero-order chi connectivity index (χ0) is 43.2. The molecule has 5 heteroatoms. The molecular formula is C58H51BN2O2. The SMILES string of the molecule is C=C1Oc2cc(N(c3ccc(C)cc3)c3ccc(C)cc3)ccc2B2C1=C([C@](C)(c1ccccc1)C1C=CC=CC1)Oc1cc(N(c3ccc(C)cc3)c3ccc(C)cc3)ccc12. The van der Waals surface area contributed by atoms with E-state index in [1.165, 1.54) is 27.8 Å². The first-order valence-corrected chi connectivity index (χ1v) is 22.0. The largest absolute Gasteiger partial charge is 0.462 e. The van der Waals surface area contributed by atoms with Crippen molar-refractivity contribution in [1.82, 2.24) is 0 Å². The topological polar surface area (TPSA) is 24.9 Å². The molecule has 1 aliphatic carbocycles. The maximum absolute atomic E-state index is 7.50. The van der Waals surface area contributed by atoms with Crippen LogP contribution in [0, 0.1) is 33.6 Å². The van der Waals surface area contributed by atoms with Crippen LogP contribution in [0.3, 0.4) is 0 Å². The standard InChI is InChI=1S/C58H51BN2O2/c1-39-17-25-46(26-18-39)60(47-27-19-40(2)20-28-47)50-33-35-52-54(37-50)62-43(5)56-57(58(6,44-13-9-7-10-14-44)45-15-11-8-12-16-45)63-55-38-51(34-36-53(55)59(52)56)61(48-29-21-41(3)22-30-48)49-31-23-42(4)24-32-49/h7-15,17-38,45H,5,16H2,1-4,6H3/t45?,58-/m1/s1. The van der Waals surface area contributed by atoms with Gasteiger partial charge < -0.3 is 19.3 Å². The second-order valence-electron chi connectivity index (χ2n) is 17.5. The summed E-state index contributed by atoms with van der Waals surface area (Å²) in [6.07, 6.45) is 9.78. The third kappa shape index (κ3) is 7.28. The minimum Gasteiger partial charge on any atom is -0.462 e. The number of allylic oxidation sites excluding steroid dienone is 6. The fraction of sp³-hybridized carbons (Fsp3) is 0.138. The summed E-state index contributed by atoms with van der Waals surface area (Å²) in [5.41, 5.74) is 14.9. The predicted molar refractivity (Wildman–Crippen MR) is 264 cm³/mol. The van der Waals surface area contributed by atoms with Crippen LogP contribution in [0.15, 0.2) is 212 Å². The van der Waals surface area contributed by atoms with Crippen LogP contribution < -0.4 is 30.2 Å². The third-order valence-electron chi connectivity index (χ3n) is 13.1. The molecule has 308 valence electrons. The number of nitrogens with zero attached hydrogens (tertiary/aromatic N) is 2. The lowest BCUT2D eigenvalue weighted by molar-refractivity contribution is 0.266. The molecule has 10 rings (SSSR count). The van der Waals surface area contributed by atoms with Crippen molar-refractivity contribution in [3.8, 4) is 11.5 Å². The number of hydrogen-bond donors (Lipinski definition) is 0. The molecule has 0 saturated heterocycles. The molecule has 7 aromatic rings. The molecule has 0 spiro atoms. The molecule has 0 amide bonds. The van der Waals surface area contributed by atoms with Crippen LogP contribution in [0.5, 0.6) is 11.5 Å². The van der Waals surface area contributed by atoms with Gasteiger partial charge in [0.05, 0.1) is 5.41 Å². The average molecular weight is 819 g/mol. The third-order valence-corrected chi connectivity index (χ3v) is 13.1. The van der Waals surface area contributed by atoms with E-state index in [4.69, 9.17) is 16.1 Å². The van der Waals surface area contributed by atoms with E-state index in [2.05, 4.69) is 233 Å². The fourth-order valence-corrected chi connectivity index (χ4v) is 9.59. The molecule has 0 radical (unpaired) electrons. The van der Waals surface area contributed by atoms with Gasteiger partial charge in [0.15, 0.2) is 0 Å². The van der Waals surface area contributed by atoms with E-state index in [-0.39, 0.29) is 12.6 Å². The zero-order valence-corrected chi connectivity index (χ0v) is 36.7. The van der Waals surface area contributed by atoms with Gasteiger partial charge in [0.1, 0.15) is 23.0 Å². The summed E-state index contributed by atoms with van der Waals surface area (Å²) in [5.74, 6) is 3.19. The number of anilines is 6. The van der Waals surface area contributed by atoms with Crippen LogP contribution in [-0.4, -0.2) is 6.71 Å². The van der Waals surface area contributed by atoms with Crippen molar-refractivity contribution in [1.29, 1.82) is 0 Å². The van der Waals surface area contributed by atoms with Crippen LogP contribution in [0.25, 0.3) is 0 Å². The molecular weight excluding hydrogens is 767 g/mol. The molecule has 4 nitrogen and oxygen atoms in total. The quantitative estimate of drug-likeness (QED) is 0.136. The molecule has 0 saturated carbocycles. The van der Waals surface area contributed by atoms with E-state index in [9.17, 15) is 0 Å². The summed E-state index contributed by atoms with van der Waals surface area (Å²) in [5, 5.41) is 0. The van der Waals surface area contributed by atoms with Crippen molar-refractivity contribution < 1.29 is 9.47 Å². The minimum atomic E-state index is -0.575. The molecule has 3 aliphatic rings. The van der Waals surface area contributed by atoms with Crippen molar-refractivity contribution in [3.05, 3.63) is 239 Å². The number of aryl methyl sites for hydroxylation is 4. The lowest BCUT2D eigenvalue weighted by atomic mass is 9.33. The van der Waals surface area contributed by atoms with Gasteiger partial charge in [-0.2, -0.15) is 0 Å². The summed E-state index contributed by atoms with van der Waals surface area (Å²) < 4.78 is 14.5. The van der Waals surface area contributed by atoms with Crippen LogP contribution >= 0.6 is 0 Å². The Balaban J connectivity index is 1.18. The highest BCUT2D eigenvalue weighted by molar-refractivity contribution is 6.93. The summed E-state index contributed by atoms with van der Waals surface area (Å²) >= 11 is 0. The minimum absolute atomic E-state index is 0.114. The lowest BCUT2D eigenvalue weighted by Gasteiger charge is -2.44. The van der Waals surface area contributed by atoms with Crippen LogP contribution in [-0.2, 0) is 5.41 Å². The van der Waals surface area contributed by atoms with Gasteiger partial charge in [-0.25, -0.2) is 0 Å². The van der Waals surface area contributed by atoms with E-state index >= 15 is 0 Å². The van der Waals surface area contributed by atoms with Gasteiger partial charge in [0.2, 0.25) is 0 Å². The second-order valence-corrected chi connectivity index (χ2v) is 17.5. The Labute approximate surface area is 372 Å². The van der Waals surface area contributed by atoms with Crippen molar-refractivity contribution in [2.24, 2.45) is 5.92 Å². The van der Waals surface area contributed by atoms with Gasteiger partial charge in [-0.15, -0.1) is 0 Å². The first-order chi connectivity index (χ1) is 30.7. The Hall–Kier alpha value is -7.24. The lowest BCUT2D eigenvalue weighted by Crippen LogP contribution is -2.54. The Morgan fingerprint density at radius 2 is 0.952 bits per heavy atom. The number of benzene rings is 7. The van der Waals surface area contributed by atoms with E-state index in [1.807, 2.05) is 0 Å². The fourth-order valence-electron chi connectivity index (χ4n) is 9.59. The zero-order valence-electron chi connectivity index (χ0n) is 36.7. The Morgan fingerprint density at radius 3 is 1.38 bits per heavy atom. The van der Waals surface area contributed by atoms with E-state index in [0.29, 0.717) is 5.76 Å². The van der Waals surface area contributed by atoms with E-state index < -0.39 is 5.41 Å². The van der Waals surface area contributed by atoms with E-state index in [1.54, 1.807) is 0 Å². The first kappa shape index (κ1) is 39.9. The van der Waals surface area contributed by atoms with Crippen LogP contribution in [0.2, 0.25) is 0 Å². The Bertz CT molecular complexity index is 2840. The van der Waals surface area contributed by atoms with Crippen molar-refractivity contribution in [3.63, 3.8) is 0 Å². The van der Waals surface area contributed by atoms with Gasteiger partial charge in [-0.05, 0) is 124 Å². The normalized spacial score (nSPS) is 16.0. The Morgan fingerprint density at radius 1 is 0.524 bits per heavy atom. The second kappa shape index (κ2) is 16.2. The molecule has 0 fully saturated rings. The van der Waals surface area contributed by atoms with E-state index in [0.717, 1.165) is 74.2 Å². The first-order valence-electron chi connectivity index (χ1n) is 22.0.